The van der Waals surface area contributed by atoms with Gasteiger partial charge in [0.1, 0.15) is 35.3 Å². The van der Waals surface area contributed by atoms with Crippen LogP contribution in [0.4, 0.5) is 14.9 Å². The number of carbonyl (C=O) groups is 4. The molecule has 14 nitrogen and oxygen atoms in total. The Balaban J connectivity index is 0.000000317. The fourth-order valence-corrected chi connectivity index (χ4v) is 9.68. The summed E-state index contributed by atoms with van der Waals surface area (Å²) in [5.41, 5.74) is 3.44. The molecule has 3 aliphatic rings. The Kier molecular flexibility index (Phi) is 24.4. The van der Waals surface area contributed by atoms with Gasteiger partial charge in [-0.1, -0.05) is 43.5 Å². The van der Waals surface area contributed by atoms with Crippen molar-refractivity contribution in [3.05, 3.63) is 59.2 Å². The van der Waals surface area contributed by atoms with Gasteiger partial charge in [-0.2, -0.15) is 11.8 Å². The molecule has 6 rings (SSSR count). The normalized spacial score (nSPS) is 17.4. The summed E-state index contributed by atoms with van der Waals surface area (Å²) in [6.07, 6.45) is 12.7. The Hall–Kier alpha value is -4.29. The quantitative estimate of drug-likeness (QED) is 0.107. The number of benzene rings is 2. The largest absolute Gasteiger partial charge is 0.494 e. The zero-order chi connectivity index (χ0) is 51.4. The van der Waals surface area contributed by atoms with E-state index < -0.39 is 23.4 Å². The van der Waals surface area contributed by atoms with Crippen LogP contribution in [0.25, 0.3) is 10.4 Å². The summed E-state index contributed by atoms with van der Waals surface area (Å²) in [6, 6.07) is 13.0. The van der Waals surface area contributed by atoms with Crippen molar-refractivity contribution in [3.63, 3.8) is 0 Å². The van der Waals surface area contributed by atoms with Crippen molar-refractivity contribution >= 4 is 53.0 Å². The van der Waals surface area contributed by atoms with Gasteiger partial charge in [0.25, 0.3) is 0 Å². The molecule has 1 aliphatic carbocycles. The molecule has 69 heavy (non-hydrogen) atoms. The van der Waals surface area contributed by atoms with Gasteiger partial charge in [0.15, 0.2) is 12.0 Å². The average Bonchev–Trinajstić information content (AvgIpc) is 4.00. The first-order valence-corrected chi connectivity index (χ1v) is 26.2. The Bertz CT molecular complexity index is 2030. The molecule has 3 fully saturated rings. The van der Waals surface area contributed by atoms with E-state index in [9.17, 15) is 23.6 Å². The van der Waals surface area contributed by atoms with Crippen LogP contribution in [0.2, 0.25) is 0 Å². The predicted octanol–water partition coefficient (Wildman–Crippen LogP) is 9.46. The van der Waals surface area contributed by atoms with Gasteiger partial charge in [-0.3, -0.25) is 19.7 Å². The van der Waals surface area contributed by atoms with Gasteiger partial charge in [0.05, 0.1) is 28.9 Å². The fourth-order valence-electron chi connectivity index (χ4n) is 8.41. The highest BCUT2D eigenvalue weighted by atomic mass is 32.2. The number of aromatic nitrogens is 1. The van der Waals surface area contributed by atoms with Gasteiger partial charge in [-0.05, 0) is 136 Å². The highest BCUT2D eigenvalue weighted by Crippen LogP contribution is 2.33. The van der Waals surface area contributed by atoms with Crippen molar-refractivity contribution in [2.75, 3.05) is 59.0 Å². The number of hydrogen-bond donors (Lipinski definition) is 4. The van der Waals surface area contributed by atoms with E-state index in [2.05, 4.69) is 51.8 Å². The molecule has 3 amide bonds. The molecule has 0 radical (unpaired) electrons. The Morgan fingerprint density at radius 1 is 0.942 bits per heavy atom. The summed E-state index contributed by atoms with van der Waals surface area (Å²) in [5, 5.41) is 15.9. The maximum absolute atomic E-state index is 13.2. The summed E-state index contributed by atoms with van der Waals surface area (Å²) in [5.74, 6) is 2.15. The number of ether oxygens (including phenoxy) is 3. The van der Waals surface area contributed by atoms with E-state index in [1.807, 2.05) is 70.8 Å². The van der Waals surface area contributed by atoms with Crippen molar-refractivity contribution in [3.8, 4) is 21.9 Å². The van der Waals surface area contributed by atoms with E-state index >= 15 is 0 Å². The number of aldehydes is 1. The van der Waals surface area contributed by atoms with Gasteiger partial charge in [-0.15, -0.1) is 11.3 Å². The van der Waals surface area contributed by atoms with E-state index in [4.69, 9.17) is 19.3 Å². The smallest absolute Gasteiger partial charge is 0.412 e. The second kappa shape index (κ2) is 28.5. The number of alkyl halides is 1. The number of amides is 3. The van der Waals surface area contributed by atoms with Crippen LogP contribution >= 0.6 is 23.1 Å². The van der Waals surface area contributed by atoms with Gasteiger partial charge < -0.3 is 39.8 Å². The van der Waals surface area contributed by atoms with Crippen LogP contribution in [0.1, 0.15) is 118 Å². The summed E-state index contributed by atoms with van der Waals surface area (Å²) in [4.78, 5) is 57.5. The number of hydrogen-bond acceptors (Lipinski definition) is 13. The Morgan fingerprint density at radius 2 is 1.58 bits per heavy atom. The zero-order valence-electron chi connectivity index (χ0n) is 43.2. The second-order valence-electron chi connectivity index (χ2n) is 19.7. The van der Waals surface area contributed by atoms with Crippen molar-refractivity contribution in [2.24, 2.45) is 5.92 Å². The molecule has 3 aromatic rings. The zero-order valence-corrected chi connectivity index (χ0v) is 44.9. The number of thiazole rings is 1. The highest BCUT2D eigenvalue weighted by Gasteiger charge is 2.42. The number of aliphatic hydroxyl groups excluding tert-OH is 1. The average molecular weight is 1000 g/mol. The number of likely N-dealkylation sites (N-methyl/N-ethyl adjacent to an activating group) is 1. The van der Waals surface area contributed by atoms with Crippen LogP contribution in [-0.4, -0.2) is 132 Å². The van der Waals surface area contributed by atoms with Crippen LogP contribution in [0.5, 0.6) is 11.5 Å². The first-order chi connectivity index (χ1) is 32.7. The van der Waals surface area contributed by atoms with E-state index in [1.54, 1.807) is 41.2 Å². The summed E-state index contributed by atoms with van der Waals surface area (Å²) >= 11 is 3.28. The number of anilines is 1. The second-order valence-corrected chi connectivity index (χ2v) is 22.0. The lowest BCUT2D eigenvalue weighted by Gasteiger charge is -2.36. The first-order valence-electron chi connectivity index (χ1n) is 24.1. The minimum absolute atomic E-state index is 0.00350. The number of rotatable bonds is 15. The van der Waals surface area contributed by atoms with Crippen molar-refractivity contribution < 1.29 is 42.9 Å². The lowest BCUT2D eigenvalue weighted by molar-refractivity contribution is -0.140. The lowest BCUT2D eigenvalue weighted by atomic mass is 9.88. The third-order valence-electron chi connectivity index (χ3n) is 12.2. The molecule has 2 saturated heterocycles. The molecule has 2 atom stereocenters. The molecular weight excluding hydrogens is 920 g/mol. The molecule has 3 heterocycles. The molecule has 1 unspecified atom stereocenters. The number of halogens is 1. The van der Waals surface area contributed by atoms with E-state index in [-0.39, 0.29) is 35.0 Å². The predicted molar refractivity (Wildman–Crippen MR) is 278 cm³/mol. The van der Waals surface area contributed by atoms with Gasteiger partial charge in [0.2, 0.25) is 11.8 Å². The molecule has 2 aromatic carbocycles. The topological polar surface area (TPSA) is 172 Å². The number of piperidine rings is 1. The summed E-state index contributed by atoms with van der Waals surface area (Å²) in [7, 11) is 4.40. The van der Waals surface area contributed by atoms with Crippen molar-refractivity contribution in [1.82, 2.24) is 25.4 Å². The summed E-state index contributed by atoms with van der Waals surface area (Å²) < 4.78 is 28.5. The van der Waals surface area contributed by atoms with Gasteiger partial charge >= 0.3 is 6.09 Å². The van der Waals surface area contributed by atoms with Crippen LogP contribution in [-0.2, 0) is 25.7 Å². The first kappa shape index (κ1) is 59.0. The van der Waals surface area contributed by atoms with Crippen LogP contribution in [0.15, 0.2) is 48.0 Å². The number of nitrogens with one attached hydrogen (secondary N) is 3. The number of nitrogens with zero attached hydrogens (tertiary/aromatic N) is 3. The minimum Gasteiger partial charge on any atom is -0.494 e. The number of methoxy groups -OCH3 is 1. The molecule has 17 heteroatoms. The maximum atomic E-state index is 13.2. The third-order valence-corrected chi connectivity index (χ3v) is 14.5. The van der Waals surface area contributed by atoms with Crippen molar-refractivity contribution in [2.45, 2.75) is 154 Å². The summed E-state index contributed by atoms with van der Waals surface area (Å²) in [6.45, 7) is 18.6. The van der Waals surface area contributed by atoms with E-state index in [0.717, 1.165) is 68.0 Å². The number of thioether (sulfide) groups is 1. The highest BCUT2D eigenvalue weighted by molar-refractivity contribution is 8.00. The monoisotopic (exact) mass is 1000 g/mol. The molecule has 2 aliphatic heterocycles. The third kappa shape index (κ3) is 19.8. The molecule has 4 N–H and O–H groups in total. The number of aliphatic hydroxyl groups is 1. The molecule has 1 aromatic heterocycles. The number of aryl methyl sites for hydroxylation is 1. The van der Waals surface area contributed by atoms with Gasteiger partial charge in [-0.25, -0.2) is 14.2 Å². The lowest BCUT2D eigenvalue weighted by Crippen LogP contribution is -2.57. The van der Waals surface area contributed by atoms with Crippen molar-refractivity contribution in [1.29, 1.82) is 0 Å². The van der Waals surface area contributed by atoms with E-state index in [0.29, 0.717) is 30.9 Å². The maximum Gasteiger partial charge on any atom is 0.412 e. The minimum atomic E-state index is -1.64. The van der Waals surface area contributed by atoms with Crippen LogP contribution in [0.3, 0.4) is 0 Å². The molecule has 0 bridgehead atoms. The SMILES string of the molecule is CC(C)(F)C=O.CNC(C(=O)N1CCC[C@H]1C(=O)NCc1ccc(-c2scnc2C)cc1)C(C)(C)SC.CO.COc1cc(OC2CCN(CC3CCCCC3)CC2)ccc1NC(=O)OC(C)(C)C. The molecule has 386 valence electrons. The standard InChI is InChI=1S/C24H38N2O4.C23H32N4O2S2.C4H7FO.CH4O/c1-24(2,3)30-23(27)25-21-11-10-20(16-22(21)28-4)29-19-12-14-26(15-13-19)17-18-8-6-5-7-9-18;1-15-19(31-14-26-15)17-10-8-16(9-11-17)13-25-21(28)18-7-6-12-27(18)22(29)20(24-4)23(2,3)30-5;1-4(2,5)3-6;1-2/h10-11,16,18-19H,5-9,12-15,17H2,1-4H3,(H,25,27);8-11,14,18,20,24H,6-7,12-13H2,1-5H3,(H,25,28);3H,1-2H3;2H,1H3/t;18-,20?;;/m.0../s1. The Morgan fingerprint density at radius 3 is 2.12 bits per heavy atom. The number of likely N-dealkylation sites (tertiary alicyclic amines) is 2. The van der Waals surface area contributed by atoms with Gasteiger partial charge in [0, 0.05) is 50.6 Å². The Labute approximate surface area is 419 Å². The van der Waals surface area contributed by atoms with E-state index in [1.165, 1.54) is 57.4 Å². The molecule has 0 spiro atoms. The molecule has 1 saturated carbocycles. The van der Waals surface area contributed by atoms with Crippen LogP contribution in [0, 0.1) is 12.8 Å². The molecular formula is C52H81FN6O8S2. The fraction of sp³-hybridized carbons (Fsp3) is 0.635. The van der Waals surface area contributed by atoms with Crippen LogP contribution < -0.4 is 25.4 Å². The number of carbonyl (C=O) groups excluding carboxylic acids is 4.